The number of methoxy groups -OCH3 is 1. The largest absolute Gasteiger partial charge is 0.496 e. The summed E-state index contributed by atoms with van der Waals surface area (Å²) < 4.78 is 32.3. The second-order valence-corrected chi connectivity index (χ2v) is 4.36. The molecule has 1 N–H and O–H groups in total. The van der Waals surface area contributed by atoms with E-state index in [4.69, 9.17) is 16.3 Å². The van der Waals surface area contributed by atoms with Gasteiger partial charge in [-0.2, -0.15) is 0 Å². The first-order valence-electron chi connectivity index (χ1n) is 5.50. The Morgan fingerprint density at radius 2 is 1.79 bits per heavy atom. The number of ether oxygens (including phenoxy) is 1. The third-order valence-electron chi connectivity index (χ3n) is 2.76. The molecule has 1 atom stereocenters. The molecule has 19 heavy (non-hydrogen) atoms. The van der Waals surface area contributed by atoms with Crippen LogP contribution in [-0.4, -0.2) is 12.2 Å². The summed E-state index contributed by atoms with van der Waals surface area (Å²) in [5.41, 5.74) is -0.168. The summed E-state index contributed by atoms with van der Waals surface area (Å²) in [6.45, 7) is 0. The van der Waals surface area contributed by atoms with E-state index >= 15 is 0 Å². The van der Waals surface area contributed by atoms with Gasteiger partial charge >= 0.3 is 0 Å². The van der Waals surface area contributed by atoms with E-state index in [0.717, 1.165) is 12.1 Å². The summed E-state index contributed by atoms with van der Waals surface area (Å²) in [6.07, 6.45) is -1.46. The third-order valence-corrected chi connectivity index (χ3v) is 3.00. The number of benzene rings is 2. The van der Waals surface area contributed by atoms with E-state index in [-0.39, 0.29) is 11.3 Å². The zero-order valence-corrected chi connectivity index (χ0v) is 10.8. The molecule has 1 unspecified atom stereocenters. The van der Waals surface area contributed by atoms with E-state index in [1.165, 1.54) is 31.4 Å². The van der Waals surface area contributed by atoms with Crippen molar-refractivity contribution in [3.8, 4) is 5.75 Å². The average Bonchev–Trinajstić information content (AvgIpc) is 2.38. The van der Waals surface area contributed by atoms with E-state index in [9.17, 15) is 13.9 Å². The molecular formula is C14H11ClF2O2. The van der Waals surface area contributed by atoms with Gasteiger partial charge in [-0.25, -0.2) is 8.78 Å². The zero-order valence-electron chi connectivity index (χ0n) is 10.0. The van der Waals surface area contributed by atoms with Gasteiger partial charge in [0.05, 0.1) is 12.7 Å². The van der Waals surface area contributed by atoms with Crippen molar-refractivity contribution in [3.05, 3.63) is 64.2 Å². The van der Waals surface area contributed by atoms with Gasteiger partial charge in [0.1, 0.15) is 23.5 Å². The Morgan fingerprint density at radius 3 is 2.37 bits per heavy atom. The Labute approximate surface area is 114 Å². The Morgan fingerprint density at radius 1 is 1.16 bits per heavy atom. The first-order valence-corrected chi connectivity index (χ1v) is 5.87. The highest BCUT2D eigenvalue weighted by molar-refractivity contribution is 6.30. The molecule has 2 aromatic rings. The van der Waals surface area contributed by atoms with Gasteiger partial charge in [-0.15, -0.1) is 0 Å². The van der Waals surface area contributed by atoms with Gasteiger partial charge in [0, 0.05) is 10.6 Å². The molecule has 0 radical (unpaired) electrons. The van der Waals surface area contributed by atoms with Gasteiger partial charge in [-0.1, -0.05) is 23.7 Å². The molecule has 0 saturated heterocycles. The topological polar surface area (TPSA) is 29.5 Å². The molecule has 0 aromatic heterocycles. The number of rotatable bonds is 3. The number of hydrogen-bond donors (Lipinski definition) is 1. The van der Waals surface area contributed by atoms with Crippen LogP contribution in [0.3, 0.4) is 0 Å². The van der Waals surface area contributed by atoms with Crippen LogP contribution in [0.15, 0.2) is 36.4 Å². The first kappa shape index (κ1) is 13.8. The van der Waals surface area contributed by atoms with Crippen LogP contribution in [0.1, 0.15) is 17.2 Å². The molecule has 2 nitrogen and oxygen atoms in total. The predicted octanol–water partition coefficient (Wildman–Crippen LogP) is 3.71. The molecule has 100 valence electrons. The standard InChI is InChI=1S/C14H11ClF2O2/c1-19-12-7-8(15)5-6-9(12)14(18)13-10(16)3-2-4-11(13)17/h2-7,14,18H,1H3. The number of hydrogen-bond acceptors (Lipinski definition) is 2. The number of halogens is 3. The van der Waals surface area contributed by atoms with Crippen LogP contribution < -0.4 is 4.74 Å². The summed E-state index contributed by atoms with van der Waals surface area (Å²) in [5, 5.41) is 10.6. The fourth-order valence-electron chi connectivity index (χ4n) is 1.84. The van der Waals surface area contributed by atoms with Crippen LogP contribution in [0, 0.1) is 11.6 Å². The third kappa shape index (κ3) is 2.69. The van der Waals surface area contributed by atoms with Crippen molar-refractivity contribution in [2.45, 2.75) is 6.10 Å². The summed E-state index contributed by atoms with van der Waals surface area (Å²) in [5.74, 6) is -1.36. The number of aliphatic hydroxyl groups excluding tert-OH is 1. The van der Waals surface area contributed by atoms with E-state index in [1.54, 1.807) is 0 Å². The lowest BCUT2D eigenvalue weighted by atomic mass is 9.99. The van der Waals surface area contributed by atoms with Gasteiger partial charge in [-0.05, 0) is 24.3 Å². The molecular weight excluding hydrogens is 274 g/mol. The lowest BCUT2D eigenvalue weighted by molar-refractivity contribution is 0.204. The summed E-state index contributed by atoms with van der Waals surface area (Å²) >= 11 is 5.80. The molecule has 0 aliphatic carbocycles. The highest BCUT2D eigenvalue weighted by Crippen LogP contribution is 2.34. The first-order chi connectivity index (χ1) is 9.04. The van der Waals surface area contributed by atoms with Crippen LogP contribution in [0.25, 0.3) is 0 Å². The molecule has 2 rings (SSSR count). The Balaban J connectivity index is 2.53. The molecule has 0 aliphatic rings. The van der Waals surface area contributed by atoms with Crippen molar-refractivity contribution < 1.29 is 18.6 Å². The average molecular weight is 285 g/mol. The zero-order chi connectivity index (χ0) is 14.0. The van der Waals surface area contributed by atoms with Crippen LogP contribution >= 0.6 is 11.6 Å². The Bertz CT molecular complexity index is 582. The van der Waals surface area contributed by atoms with E-state index < -0.39 is 23.3 Å². The van der Waals surface area contributed by atoms with E-state index in [2.05, 4.69) is 0 Å². The minimum Gasteiger partial charge on any atom is -0.496 e. The second kappa shape index (κ2) is 5.55. The maximum absolute atomic E-state index is 13.6. The molecule has 0 saturated carbocycles. The van der Waals surface area contributed by atoms with Crippen molar-refractivity contribution in [1.82, 2.24) is 0 Å². The summed E-state index contributed by atoms with van der Waals surface area (Å²) in [7, 11) is 1.39. The van der Waals surface area contributed by atoms with Crippen molar-refractivity contribution >= 4 is 11.6 Å². The fourth-order valence-corrected chi connectivity index (χ4v) is 2.00. The maximum atomic E-state index is 13.6. The number of aliphatic hydroxyl groups is 1. The van der Waals surface area contributed by atoms with Gasteiger partial charge < -0.3 is 9.84 Å². The fraction of sp³-hybridized carbons (Fsp3) is 0.143. The Hall–Kier alpha value is -1.65. The summed E-state index contributed by atoms with van der Waals surface area (Å²) in [6, 6.07) is 7.87. The van der Waals surface area contributed by atoms with Gasteiger partial charge in [0.2, 0.25) is 0 Å². The highest BCUT2D eigenvalue weighted by atomic mass is 35.5. The SMILES string of the molecule is COc1cc(Cl)ccc1C(O)c1c(F)cccc1F. The van der Waals surface area contributed by atoms with Crippen molar-refractivity contribution in [2.24, 2.45) is 0 Å². The lowest BCUT2D eigenvalue weighted by Crippen LogP contribution is -2.07. The van der Waals surface area contributed by atoms with Crippen LogP contribution in [0.2, 0.25) is 5.02 Å². The lowest BCUT2D eigenvalue weighted by Gasteiger charge is -2.16. The minimum atomic E-state index is -1.46. The molecule has 0 heterocycles. The van der Waals surface area contributed by atoms with Gasteiger partial charge in [0.15, 0.2) is 0 Å². The molecule has 0 fully saturated rings. The molecule has 2 aromatic carbocycles. The maximum Gasteiger partial charge on any atom is 0.132 e. The molecule has 0 spiro atoms. The minimum absolute atomic E-state index is 0.246. The van der Waals surface area contributed by atoms with E-state index in [0.29, 0.717) is 5.02 Å². The molecule has 0 aliphatic heterocycles. The van der Waals surface area contributed by atoms with Gasteiger partial charge in [-0.3, -0.25) is 0 Å². The molecule has 0 amide bonds. The van der Waals surface area contributed by atoms with Crippen molar-refractivity contribution in [1.29, 1.82) is 0 Å². The van der Waals surface area contributed by atoms with Crippen molar-refractivity contribution in [2.75, 3.05) is 7.11 Å². The van der Waals surface area contributed by atoms with Crippen molar-refractivity contribution in [3.63, 3.8) is 0 Å². The normalized spacial score (nSPS) is 12.3. The Kier molecular flexibility index (Phi) is 4.02. The van der Waals surface area contributed by atoms with Crippen LogP contribution in [0.5, 0.6) is 5.75 Å². The molecule has 5 heteroatoms. The second-order valence-electron chi connectivity index (χ2n) is 3.92. The smallest absolute Gasteiger partial charge is 0.132 e. The van der Waals surface area contributed by atoms with Gasteiger partial charge in [0.25, 0.3) is 0 Å². The summed E-state index contributed by atoms with van der Waals surface area (Å²) in [4.78, 5) is 0. The monoisotopic (exact) mass is 284 g/mol. The van der Waals surface area contributed by atoms with E-state index in [1.807, 2.05) is 0 Å². The predicted molar refractivity (Wildman–Crippen MR) is 68.4 cm³/mol. The quantitative estimate of drug-likeness (QED) is 0.931. The van der Waals surface area contributed by atoms with Crippen LogP contribution in [0.4, 0.5) is 8.78 Å². The highest BCUT2D eigenvalue weighted by Gasteiger charge is 2.22. The van der Waals surface area contributed by atoms with Crippen LogP contribution in [-0.2, 0) is 0 Å². The molecule has 0 bridgehead atoms.